The van der Waals surface area contributed by atoms with Crippen LogP contribution in [0, 0.1) is 5.92 Å². The van der Waals surface area contributed by atoms with Gasteiger partial charge in [-0.15, -0.1) is 11.8 Å². The quantitative estimate of drug-likeness (QED) is 0.838. The van der Waals surface area contributed by atoms with E-state index in [1.165, 1.54) is 5.56 Å². The van der Waals surface area contributed by atoms with Gasteiger partial charge in [-0.1, -0.05) is 51.1 Å². The van der Waals surface area contributed by atoms with Gasteiger partial charge in [-0.3, -0.25) is 4.79 Å². The lowest BCUT2D eigenvalue weighted by Crippen LogP contribution is -2.40. The van der Waals surface area contributed by atoms with Gasteiger partial charge in [-0.2, -0.15) is 0 Å². The Hall–Kier alpha value is -0.960. The first-order chi connectivity index (χ1) is 9.94. The van der Waals surface area contributed by atoms with Gasteiger partial charge >= 0.3 is 0 Å². The molecule has 1 saturated heterocycles. The van der Waals surface area contributed by atoms with E-state index in [-0.39, 0.29) is 4.75 Å². The molecule has 1 aliphatic rings. The van der Waals surface area contributed by atoms with Crippen LogP contribution in [0.15, 0.2) is 30.3 Å². The third-order valence-corrected chi connectivity index (χ3v) is 5.22. The zero-order chi connectivity index (χ0) is 15.3. The van der Waals surface area contributed by atoms with Crippen molar-refractivity contribution in [3.63, 3.8) is 0 Å². The Morgan fingerprint density at radius 1 is 1.19 bits per heavy atom. The minimum atomic E-state index is 0.168. The summed E-state index contributed by atoms with van der Waals surface area (Å²) in [7, 11) is 0. The normalized spacial score (nSPS) is 17.0. The molecule has 1 aromatic carbocycles. The largest absolute Gasteiger partial charge is 0.342 e. The molecule has 0 atom stereocenters. The van der Waals surface area contributed by atoms with E-state index in [0.29, 0.717) is 11.7 Å². The van der Waals surface area contributed by atoms with Gasteiger partial charge in [0.1, 0.15) is 0 Å². The van der Waals surface area contributed by atoms with Crippen molar-refractivity contribution in [1.82, 2.24) is 4.90 Å². The zero-order valence-electron chi connectivity index (χ0n) is 13.5. The smallest absolute Gasteiger partial charge is 0.232 e. The highest BCUT2D eigenvalue weighted by molar-refractivity contribution is 8.01. The van der Waals surface area contributed by atoms with Crippen molar-refractivity contribution in [3.05, 3.63) is 35.9 Å². The molecule has 1 heterocycles. The molecule has 21 heavy (non-hydrogen) atoms. The van der Waals surface area contributed by atoms with Gasteiger partial charge in [0, 0.05) is 17.8 Å². The summed E-state index contributed by atoms with van der Waals surface area (Å²) in [5, 5.41) is 0. The SMILES string of the molecule is CC(C)(C)SCC(=O)N1CCC(Cc2ccccc2)CC1. The molecule has 3 heteroatoms. The van der Waals surface area contributed by atoms with Crippen LogP contribution in [0.5, 0.6) is 0 Å². The van der Waals surface area contributed by atoms with Gasteiger partial charge in [-0.05, 0) is 30.7 Å². The Balaban J connectivity index is 1.74. The van der Waals surface area contributed by atoms with E-state index in [9.17, 15) is 4.79 Å². The van der Waals surface area contributed by atoms with Gasteiger partial charge in [0.15, 0.2) is 0 Å². The summed E-state index contributed by atoms with van der Waals surface area (Å²) in [6.45, 7) is 8.35. The highest BCUT2D eigenvalue weighted by Crippen LogP contribution is 2.25. The van der Waals surface area contributed by atoms with Crippen LogP contribution >= 0.6 is 11.8 Å². The molecule has 1 fully saturated rings. The molecule has 0 aliphatic carbocycles. The molecule has 1 amide bonds. The monoisotopic (exact) mass is 305 g/mol. The van der Waals surface area contributed by atoms with Crippen molar-refractivity contribution in [2.45, 2.75) is 44.8 Å². The van der Waals surface area contributed by atoms with Crippen molar-refractivity contribution in [2.75, 3.05) is 18.8 Å². The molecule has 0 saturated carbocycles. The summed E-state index contributed by atoms with van der Waals surface area (Å²) in [4.78, 5) is 14.3. The highest BCUT2D eigenvalue weighted by Gasteiger charge is 2.24. The molecule has 1 aromatic rings. The number of rotatable bonds is 4. The van der Waals surface area contributed by atoms with Crippen molar-refractivity contribution < 1.29 is 4.79 Å². The molecule has 0 bridgehead atoms. The van der Waals surface area contributed by atoms with E-state index < -0.39 is 0 Å². The standard InChI is InChI=1S/C18H27NOS/c1-18(2,3)21-14-17(20)19-11-9-16(10-12-19)13-15-7-5-4-6-8-15/h4-8,16H,9-14H2,1-3H3. The molecule has 0 unspecified atom stereocenters. The molecule has 2 rings (SSSR count). The second-order valence-corrected chi connectivity index (χ2v) is 8.72. The van der Waals surface area contributed by atoms with Crippen molar-refractivity contribution in [2.24, 2.45) is 5.92 Å². The lowest BCUT2D eigenvalue weighted by molar-refractivity contribution is -0.129. The minimum Gasteiger partial charge on any atom is -0.342 e. The molecule has 116 valence electrons. The predicted molar refractivity (Wildman–Crippen MR) is 91.7 cm³/mol. The summed E-state index contributed by atoms with van der Waals surface area (Å²) >= 11 is 1.75. The minimum absolute atomic E-state index is 0.168. The van der Waals surface area contributed by atoms with Crippen LogP contribution in [0.25, 0.3) is 0 Å². The summed E-state index contributed by atoms with van der Waals surface area (Å²) in [5.74, 6) is 1.66. The number of thioether (sulfide) groups is 1. The van der Waals surface area contributed by atoms with Crippen LogP contribution in [-0.2, 0) is 11.2 Å². The lowest BCUT2D eigenvalue weighted by Gasteiger charge is -2.32. The molecule has 0 spiro atoms. The molecule has 0 aromatic heterocycles. The van der Waals surface area contributed by atoms with E-state index in [0.717, 1.165) is 38.3 Å². The second kappa shape index (κ2) is 7.35. The van der Waals surface area contributed by atoms with Gasteiger partial charge in [0.2, 0.25) is 5.91 Å². The first-order valence-electron chi connectivity index (χ1n) is 7.90. The number of likely N-dealkylation sites (tertiary alicyclic amines) is 1. The fourth-order valence-corrected chi connectivity index (χ4v) is 3.44. The van der Waals surface area contributed by atoms with Crippen molar-refractivity contribution >= 4 is 17.7 Å². The molecule has 2 nitrogen and oxygen atoms in total. The number of piperidine rings is 1. The average Bonchev–Trinajstić information content (AvgIpc) is 2.46. The zero-order valence-corrected chi connectivity index (χ0v) is 14.3. The van der Waals surface area contributed by atoms with E-state index in [1.54, 1.807) is 11.8 Å². The van der Waals surface area contributed by atoms with E-state index in [4.69, 9.17) is 0 Å². The summed E-state index contributed by atoms with van der Waals surface area (Å²) in [6.07, 6.45) is 3.43. The highest BCUT2D eigenvalue weighted by atomic mass is 32.2. The summed E-state index contributed by atoms with van der Waals surface area (Å²) in [6, 6.07) is 10.7. The molecular formula is C18H27NOS. The number of amides is 1. The number of benzene rings is 1. The van der Waals surface area contributed by atoms with E-state index >= 15 is 0 Å². The Kier molecular flexibility index (Phi) is 5.74. The molecule has 0 N–H and O–H groups in total. The number of carbonyl (C=O) groups excluding carboxylic acids is 1. The first-order valence-corrected chi connectivity index (χ1v) is 8.88. The number of nitrogens with zero attached hydrogens (tertiary/aromatic N) is 1. The van der Waals surface area contributed by atoms with Crippen LogP contribution in [0.2, 0.25) is 0 Å². The maximum Gasteiger partial charge on any atom is 0.232 e. The Morgan fingerprint density at radius 2 is 1.81 bits per heavy atom. The number of hydrogen-bond acceptors (Lipinski definition) is 2. The predicted octanol–water partition coefficient (Wildman–Crippen LogP) is 4.00. The first kappa shape index (κ1) is 16.4. The maximum absolute atomic E-state index is 12.2. The lowest BCUT2D eigenvalue weighted by atomic mass is 9.90. The maximum atomic E-state index is 12.2. The third kappa shape index (κ3) is 5.74. The molecule has 0 radical (unpaired) electrons. The van der Waals surface area contributed by atoms with Crippen LogP contribution < -0.4 is 0 Å². The third-order valence-electron chi connectivity index (χ3n) is 3.96. The summed E-state index contributed by atoms with van der Waals surface area (Å²) < 4.78 is 0.168. The fraction of sp³-hybridized carbons (Fsp3) is 0.611. The van der Waals surface area contributed by atoms with Crippen LogP contribution in [-0.4, -0.2) is 34.4 Å². The Labute approximate surface area is 133 Å². The fourth-order valence-electron chi connectivity index (χ4n) is 2.70. The van der Waals surface area contributed by atoms with Crippen molar-refractivity contribution in [1.29, 1.82) is 0 Å². The van der Waals surface area contributed by atoms with Gasteiger partial charge in [-0.25, -0.2) is 0 Å². The second-order valence-electron chi connectivity index (χ2n) is 6.91. The average molecular weight is 305 g/mol. The molecule has 1 aliphatic heterocycles. The van der Waals surface area contributed by atoms with Crippen LogP contribution in [0.4, 0.5) is 0 Å². The topological polar surface area (TPSA) is 20.3 Å². The Morgan fingerprint density at radius 3 is 2.38 bits per heavy atom. The van der Waals surface area contributed by atoms with E-state index in [1.807, 2.05) is 0 Å². The van der Waals surface area contributed by atoms with Crippen LogP contribution in [0.1, 0.15) is 39.2 Å². The Bertz CT molecular complexity index is 444. The van der Waals surface area contributed by atoms with E-state index in [2.05, 4.69) is 56.0 Å². The summed E-state index contributed by atoms with van der Waals surface area (Å²) in [5.41, 5.74) is 1.42. The van der Waals surface area contributed by atoms with Crippen molar-refractivity contribution in [3.8, 4) is 0 Å². The van der Waals surface area contributed by atoms with Gasteiger partial charge in [0.05, 0.1) is 5.75 Å². The van der Waals surface area contributed by atoms with Gasteiger partial charge in [0.25, 0.3) is 0 Å². The molecular weight excluding hydrogens is 278 g/mol. The number of hydrogen-bond donors (Lipinski definition) is 0. The van der Waals surface area contributed by atoms with Crippen LogP contribution in [0.3, 0.4) is 0 Å². The van der Waals surface area contributed by atoms with Gasteiger partial charge < -0.3 is 4.90 Å². The number of carbonyl (C=O) groups is 1.